The molecule has 3 aromatic rings. The highest BCUT2D eigenvalue weighted by Crippen LogP contribution is 2.39. The van der Waals surface area contributed by atoms with Gasteiger partial charge in [-0.3, -0.25) is 4.79 Å². The topological polar surface area (TPSA) is 57.0 Å². The molecule has 3 heterocycles. The van der Waals surface area contributed by atoms with E-state index in [9.17, 15) is 4.79 Å². The van der Waals surface area contributed by atoms with E-state index in [1.807, 2.05) is 19.9 Å². The Kier molecular flexibility index (Phi) is 4.31. The zero-order valence-electron chi connectivity index (χ0n) is 15.6. The number of fused-ring (bicyclic) bond motifs is 3. The van der Waals surface area contributed by atoms with E-state index >= 15 is 0 Å². The van der Waals surface area contributed by atoms with Gasteiger partial charge in [-0.2, -0.15) is 0 Å². The van der Waals surface area contributed by atoms with Gasteiger partial charge in [-0.05, 0) is 58.6 Å². The molecular weight excluding hydrogens is 346 g/mol. The van der Waals surface area contributed by atoms with Crippen LogP contribution >= 0.6 is 11.3 Å². The Morgan fingerprint density at radius 2 is 2.12 bits per heavy atom. The first-order valence-corrected chi connectivity index (χ1v) is 9.88. The third kappa shape index (κ3) is 2.72. The molecule has 1 aliphatic carbocycles. The van der Waals surface area contributed by atoms with Crippen molar-refractivity contribution in [3.63, 3.8) is 0 Å². The Balaban J connectivity index is 1.60. The lowest BCUT2D eigenvalue weighted by Gasteiger charge is -2.13. The lowest BCUT2D eigenvalue weighted by Crippen LogP contribution is -2.14. The second kappa shape index (κ2) is 6.50. The number of hydrogen-bond donors (Lipinski definition) is 0. The maximum atomic E-state index is 12.8. The van der Waals surface area contributed by atoms with Crippen molar-refractivity contribution in [1.29, 1.82) is 0 Å². The Morgan fingerprint density at radius 3 is 2.85 bits per heavy atom. The zero-order chi connectivity index (χ0) is 18.4. The van der Waals surface area contributed by atoms with Gasteiger partial charge in [0.05, 0.1) is 5.39 Å². The number of carbonyl (C=O) groups excluding carboxylic acids is 1. The standard InChI is InChI=1S/C20H23N3O2S/c1-11(2)23-12(3)8-15(13(23)4)16(24)9-25-19-18-14-6-5-7-17(14)26-20(18)22-10-21-19/h8,10-11H,5-7,9H2,1-4H3. The minimum atomic E-state index is -0.0105. The first-order valence-electron chi connectivity index (χ1n) is 9.07. The summed E-state index contributed by atoms with van der Waals surface area (Å²) in [5.74, 6) is 0.532. The number of thiophene rings is 1. The van der Waals surface area contributed by atoms with Gasteiger partial charge in [0.15, 0.2) is 6.61 Å². The van der Waals surface area contributed by atoms with Gasteiger partial charge in [0.2, 0.25) is 11.7 Å². The molecular formula is C20H23N3O2S. The largest absolute Gasteiger partial charge is 0.469 e. The zero-order valence-corrected chi connectivity index (χ0v) is 16.4. The molecule has 5 nitrogen and oxygen atoms in total. The predicted octanol–water partition coefficient (Wildman–Crippen LogP) is 4.44. The summed E-state index contributed by atoms with van der Waals surface area (Å²) in [5, 5.41) is 1.01. The Hall–Kier alpha value is -2.21. The first-order chi connectivity index (χ1) is 12.5. The molecule has 0 unspecified atom stereocenters. The molecule has 0 N–H and O–H groups in total. The molecule has 0 saturated carbocycles. The highest BCUT2D eigenvalue weighted by Gasteiger charge is 2.23. The van der Waals surface area contributed by atoms with Crippen LogP contribution in [0.4, 0.5) is 0 Å². The van der Waals surface area contributed by atoms with E-state index in [2.05, 4.69) is 28.4 Å². The van der Waals surface area contributed by atoms with Crippen LogP contribution in [0.1, 0.15) is 58.5 Å². The SMILES string of the molecule is Cc1cc(C(=O)COc2ncnc3sc4c(c23)CCC4)c(C)n1C(C)C. The summed E-state index contributed by atoms with van der Waals surface area (Å²) >= 11 is 1.72. The number of Topliss-reactive ketones (excluding diaryl/α,β-unsaturated/α-hetero) is 1. The van der Waals surface area contributed by atoms with Gasteiger partial charge in [0.25, 0.3) is 0 Å². The van der Waals surface area contributed by atoms with Gasteiger partial charge in [0, 0.05) is 27.9 Å². The van der Waals surface area contributed by atoms with Crippen LogP contribution in [0.5, 0.6) is 5.88 Å². The average molecular weight is 369 g/mol. The summed E-state index contributed by atoms with van der Waals surface area (Å²) < 4.78 is 8.06. The van der Waals surface area contributed by atoms with Crippen molar-refractivity contribution in [2.75, 3.05) is 6.61 Å². The number of aromatic nitrogens is 3. The normalized spacial score (nSPS) is 13.6. The van der Waals surface area contributed by atoms with E-state index in [1.54, 1.807) is 11.3 Å². The Labute approximate surface area is 157 Å². The quantitative estimate of drug-likeness (QED) is 0.624. The fourth-order valence-electron chi connectivity index (χ4n) is 4.07. The van der Waals surface area contributed by atoms with Crippen molar-refractivity contribution in [2.24, 2.45) is 0 Å². The van der Waals surface area contributed by atoms with Crippen molar-refractivity contribution < 1.29 is 9.53 Å². The molecule has 0 amide bonds. The third-order valence-electron chi connectivity index (χ3n) is 5.11. The number of ketones is 1. The monoisotopic (exact) mass is 369 g/mol. The van der Waals surface area contributed by atoms with Gasteiger partial charge < -0.3 is 9.30 Å². The van der Waals surface area contributed by atoms with Crippen LogP contribution in [-0.4, -0.2) is 26.9 Å². The smallest absolute Gasteiger partial charge is 0.226 e. The molecule has 0 aromatic carbocycles. The van der Waals surface area contributed by atoms with E-state index in [0.29, 0.717) is 11.9 Å². The van der Waals surface area contributed by atoms with Crippen molar-refractivity contribution in [1.82, 2.24) is 14.5 Å². The minimum Gasteiger partial charge on any atom is -0.469 e. The molecule has 0 radical (unpaired) electrons. The molecule has 0 bridgehead atoms. The lowest BCUT2D eigenvalue weighted by atomic mass is 10.1. The van der Waals surface area contributed by atoms with E-state index in [1.165, 1.54) is 23.2 Å². The van der Waals surface area contributed by atoms with Crippen LogP contribution in [0.2, 0.25) is 0 Å². The molecule has 1 aliphatic rings. The van der Waals surface area contributed by atoms with Gasteiger partial charge in [-0.25, -0.2) is 9.97 Å². The summed E-state index contributed by atoms with van der Waals surface area (Å²) in [7, 11) is 0. The number of carbonyl (C=O) groups is 1. The van der Waals surface area contributed by atoms with E-state index in [4.69, 9.17) is 4.74 Å². The van der Waals surface area contributed by atoms with E-state index in [-0.39, 0.29) is 12.4 Å². The van der Waals surface area contributed by atoms with Gasteiger partial charge in [-0.15, -0.1) is 11.3 Å². The summed E-state index contributed by atoms with van der Waals surface area (Å²) in [6.07, 6.45) is 4.85. The summed E-state index contributed by atoms with van der Waals surface area (Å²) in [4.78, 5) is 23.8. The molecule has 0 atom stereocenters. The van der Waals surface area contributed by atoms with Gasteiger partial charge in [0.1, 0.15) is 11.2 Å². The molecule has 4 rings (SSSR count). The molecule has 0 saturated heterocycles. The fraction of sp³-hybridized carbons (Fsp3) is 0.450. The Morgan fingerprint density at radius 1 is 1.31 bits per heavy atom. The van der Waals surface area contributed by atoms with E-state index in [0.717, 1.165) is 40.0 Å². The summed E-state index contributed by atoms with van der Waals surface area (Å²) in [5.41, 5.74) is 4.14. The second-order valence-corrected chi connectivity index (χ2v) is 8.26. The van der Waals surface area contributed by atoms with Crippen LogP contribution in [-0.2, 0) is 12.8 Å². The van der Waals surface area contributed by atoms with Crippen LogP contribution in [0.3, 0.4) is 0 Å². The lowest BCUT2D eigenvalue weighted by molar-refractivity contribution is 0.0918. The first kappa shape index (κ1) is 17.2. The highest BCUT2D eigenvalue weighted by atomic mass is 32.1. The van der Waals surface area contributed by atoms with Crippen molar-refractivity contribution >= 4 is 27.3 Å². The number of aryl methyl sites for hydroxylation is 3. The number of rotatable bonds is 5. The average Bonchev–Trinajstić information content (AvgIpc) is 3.25. The van der Waals surface area contributed by atoms with Crippen LogP contribution in [0.15, 0.2) is 12.4 Å². The highest BCUT2D eigenvalue weighted by molar-refractivity contribution is 7.18. The fourth-order valence-corrected chi connectivity index (χ4v) is 5.29. The maximum Gasteiger partial charge on any atom is 0.226 e. The molecule has 3 aromatic heterocycles. The summed E-state index contributed by atoms with van der Waals surface area (Å²) in [6, 6.07) is 2.28. The summed E-state index contributed by atoms with van der Waals surface area (Å²) in [6.45, 7) is 8.28. The third-order valence-corrected chi connectivity index (χ3v) is 6.31. The molecule has 0 spiro atoms. The van der Waals surface area contributed by atoms with Gasteiger partial charge in [-0.1, -0.05) is 0 Å². The second-order valence-electron chi connectivity index (χ2n) is 7.18. The number of hydrogen-bond acceptors (Lipinski definition) is 5. The van der Waals surface area contributed by atoms with Gasteiger partial charge >= 0.3 is 0 Å². The van der Waals surface area contributed by atoms with Crippen LogP contribution < -0.4 is 4.74 Å². The molecule has 136 valence electrons. The minimum absolute atomic E-state index is 0.000871. The Bertz CT molecular complexity index is 1000. The predicted molar refractivity (Wildman–Crippen MR) is 104 cm³/mol. The van der Waals surface area contributed by atoms with Crippen molar-refractivity contribution in [3.05, 3.63) is 39.8 Å². The molecule has 0 aliphatic heterocycles. The number of nitrogens with zero attached hydrogens (tertiary/aromatic N) is 3. The molecule has 6 heteroatoms. The van der Waals surface area contributed by atoms with Crippen LogP contribution in [0, 0.1) is 13.8 Å². The van der Waals surface area contributed by atoms with Crippen molar-refractivity contribution in [3.8, 4) is 5.88 Å². The van der Waals surface area contributed by atoms with Crippen LogP contribution in [0.25, 0.3) is 10.2 Å². The van der Waals surface area contributed by atoms with Crippen molar-refractivity contribution in [2.45, 2.75) is 53.0 Å². The maximum absolute atomic E-state index is 12.8. The van der Waals surface area contributed by atoms with E-state index < -0.39 is 0 Å². The molecule has 26 heavy (non-hydrogen) atoms. The molecule has 0 fully saturated rings. The number of ether oxygens (including phenoxy) is 1.